The Morgan fingerprint density at radius 3 is 2.58 bits per heavy atom. The van der Waals surface area contributed by atoms with E-state index in [0.717, 1.165) is 16.7 Å². The maximum Gasteiger partial charge on any atom is 0.288 e. The summed E-state index contributed by atoms with van der Waals surface area (Å²) in [7, 11) is 1.95. The maximum absolute atomic E-state index is 13.0. The lowest BCUT2D eigenvalue weighted by Crippen LogP contribution is -2.22. The van der Waals surface area contributed by atoms with Gasteiger partial charge in [-0.1, -0.05) is 30.3 Å². The first-order valence-electron chi connectivity index (χ1n) is 7.60. The first kappa shape index (κ1) is 16.5. The molecular formula is C18H18FN3OS. The van der Waals surface area contributed by atoms with Gasteiger partial charge in [0.25, 0.3) is 4.84 Å². The van der Waals surface area contributed by atoms with Crippen LogP contribution in [0.15, 0.2) is 52.9 Å². The molecule has 0 unspecified atom stereocenters. The predicted molar refractivity (Wildman–Crippen MR) is 93.4 cm³/mol. The molecule has 1 aromatic heterocycles. The first-order chi connectivity index (χ1) is 11.5. The van der Waals surface area contributed by atoms with Gasteiger partial charge in [0.2, 0.25) is 5.89 Å². The third-order valence-electron chi connectivity index (χ3n) is 3.72. The topological polar surface area (TPSA) is 34.2 Å². The Morgan fingerprint density at radius 1 is 1.17 bits per heavy atom. The Morgan fingerprint density at radius 2 is 1.88 bits per heavy atom. The van der Waals surface area contributed by atoms with Gasteiger partial charge in [0.15, 0.2) is 0 Å². The van der Waals surface area contributed by atoms with Crippen molar-refractivity contribution in [3.05, 3.63) is 70.3 Å². The van der Waals surface area contributed by atoms with Gasteiger partial charge in [-0.2, -0.15) is 0 Å². The average molecular weight is 343 g/mol. The zero-order chi connectivity index (χ0) is 17.1. The summed E-state index contributed by atoms with van der Waals surface area (Å²) >= 11 is 5.27. The number of rotatable bonds is 5. The minimum absolute atomic E-state index is 0.233. The van der Waals surface area contributed by atoms with Crippen LogP contribution in [-0.2, 0) is 13.2 Å². The van der Waals surface area contributed by atoms with Gasteiger partial charge in [0.05, 0.1) is 6.67 Å². The quantitative estimate of drug-likeness (QED) is 0.643. The summed E-state index contributed by atoms with van der Waals surface area (Å²) in [6, 6.07) is 14.3. The molecule has 24 heavy (non-hydrogen) atoms. The lowest BCUT2D eigenvalue weighted by atomic mass is 10.1. The van der Waals surface area contributed by atoms with Crippen LogP contribution in [0, 0.1) is 17.6 Å². The van der Waals surface area contributed by atoms with Crippen LogP contribution in [0.25, 0.3) is 11.5 Å². The van der Waals surface area contributed by atoms with Crippen molar-refractivity contribution >= 4 is 12.2 Å². The van der Waals surface area contributed by atoms with Crippen molar-refractivity contribution in [2.45, 2.75) is 20.1 Å². The zero-order valence-corrected chi connectivity index (χ0v) is 14.4. The minimum Gasteiger partial charge on any atom is -0.409 e. The maximum atomic E-state index is 13.0. The third-order valence-corrected chi connectivity index (χ3v) is 4.02. The van der Waals surface area contributed by atoms with Crippen LogP contribution < -0.4 is 0 Å². The SMILES string of the molecule is Cc1ccccc1-c1nn(CN(C)Cc2ccc(F)cc2)c(=S)o1. The van der Waals surface area contributed by atoms with E-state index in [2.05, 4.69) is 5.10 Å². The Labute approximate surface area is 145 Å². The molecule has 3 rings (SSSR count). The van der Waals surface area contributed by atoms with Crippen LogP contribution >= 0.6 is 12.2 Å². The van der Waals surface area contributed by atoms with Crippen LogP contribution in [-0.4, -0.2) is 21.7 Å². The van der Waals surface area contributed by atoms with Crippen LogP contribution in [0.1, 0.15) is 11.1 Å². The molecule has 0 amide bonds. The van der Waals surface area contributed by atoms with Gasteiger partial charge in [0.1, 0.15) is 5.82 Å². The van der Waals surface area contributed by atoms with Gasteiger partial charge in [0, 0.05) is 12.1 Å². The van der Waals surface area contributed by atoms with E-state index in [1.165, 1.54) is 12.1 Å². The van der Waals surface area contributed by atoms with Gasteiger partial charge in [-0.05, 0) is 55.5 Å². The van der Waals surface area contributed by atoms with Crippen LogP contribution in [0.2, 0.25) is 0 Å². The third kappa shape index (κ3) is 3.77. The van der Waals surface area contributed by atoms with Crippen LogP contribution in [0.5, 0.6) is 0 Å². The predicted octanol–water partition coefficient (Wildman–Crippen LogP) is 4.41. The van der Waals surface area contributed by atoms with Crippen LogP contribution in [0.3, 0.4) is 0 Å². The van der Waals surface area contributed by atoms with E-state index in [0.29, 0.717) is 23.9 Å². The molecule has 0 aliphatic heterocycles. The Balaban J connectivity index is 1.75. The van der Waals surface area contributed by atoms with Crippen molar-refractivity contribution in [1.29, 1.82) is 0 Å². The molecule has 2 aromatic carbocycles. The Bertz CT molecular complexity index is 886. The summed E-state index contributed by atoms with van der Waals surface area (Å²) < 4.78 is 20.3. The van der Waals surface area contributed by atoms with Gasteiger partial charge in [-0.3, -0.25) is 4.90 Å². The molecule has 0 bridgehead atoms. The second-order valence-corrected chi connectivity index (χ2v) is 6.12. The zero-order valence-electron chi connectivity index (χ0n) is 13.6. The highest BCUT2D eigenvalue weighted by Crippen LogP contribution is 2.21. The number of aryl methyl sites for hydroxylation is 1. The van der Waals surface area contributed by atoms with E-state index in [-0.39, 0.29) is 5.82 Å². The molecular weight excluding hydrogens is 325 g/mol. The van der Waals surface area contributed by atoms with E-state index >= 15 is 0 Å². The number of benzene rings is 2. The number of aromatic nitrogens is 2. The molecule has 1 heterocycles. The highest BCUT2D eigenvalue weighted by molar-refractivity contribution is 7.71. The van der Waals surface area contributed by atoms with E-state index in [4.69, 9.17) is 16.6 Å². The van der Waals surface area contributed by atoms with Crippen molar-refractivity contribution in [3.8, 4) is 11.5 Å². The molecule has 124 valence electrons. The van der Waals surface area contributed by atoms with Gasteiger partial charge >= 0.3 is 0 Å². The molecule has 0 saturated carbocycles. The highest BCUT2D eigenvalue weighted by atomic mass is 32.1. The smallest absolute Gasteiger partial charge is 0.288 e. The molecule has 0 fully saturated rings. The largest absolute Gasteiger partial charge is 0.409 e. The average Bonchev–Trinajstić information content (AvgIpc) is 2.90. The summed E-state index contributed by atoms with van der Waals surface area (Å²) in [4.78, 5) is 2.37. The minimum atomic E-state index is -0.233. The fourth-order valence-electron chi connectivity index (χ4n) is 2.50. The van der Waals surface area contributed by atoms with E-state index in [9.17, 15) is 4.39 Å². The van der Waals surface area contributed by atoms with Crippen molar-refractivity contribution in [2.75, 3.05) is 7.05 Å². The molecule has 0 atom stereocenters. The molecule has 0 N–H and O–H groups in total. The van der Waals surface area contributed by atoms with Gasteiger partial charge in [-0.25, -0.2) is 9.07 Å². The molecule has 0 spiro atoms. The van der Waals surface area contributed by atoms with E-state index in [1.807, 2.05) is 43.1 Å². The van der Waals surface area contributed by atoms with Gasteiger partial charge in [-0.15, -0.1) is 5.10 Å². The lowest BCUT2D eigenvalue weighted by molar-refractivity contribution is 0.240. The summed E-state index contributed by atoms with van der Waals surface area (Å²) in [5, 5.41) is 4.48. The Kier molecular flexibility index (Phi) is 4.87. The van der Waals surface area contributed by atoms with Crippen LogP contribution in [0.4, 0.5) is 4.39 Å². The van der Waals surface area contributed by atoms with Crippen molar-refractivity contribution < 1.29 is 8.81 Å². The monoisotopic (exact) mass is 343 g/mol. The number of nitrogens with zero attached hydrogens (tertiary/aromatic N) is 3. The lowest BCUT2D eigenvalue weighted by Gasteiger charge is -2.15. The fourth-order valence-corrected chi connectivity index (χ4v) is 2.67. The van der Waals surface area contributed by atoms with Crippen molar-refractivity contribution in [3.63, 3.8) is 0 Å². The fraction of sp³-hybridized carbons (Fsp3) is 0.222. The molecule has 3 aromatic rings. The van der Waals surface area contributed by atoms with Crippen molar-refractivity contribution in [1.82, 2.24) is 14.7 Å². The molecule has 6 heteroatoms. The van der Waals surface area contributed by atoms with E-state index in [1.54, 1.807) is 16.8 Å². The molecule has 0 radical (unpaired) electrons. The second-order valence-electron chi connectivity index (χ2n) is 5.77. The standard InChI is InChI=1S/C18H18FN3OS/c1-13-5-3-4-6-16(13)17-20-22(18(24)23-17)12-21(2)11-14-7-9-15(19)10-8-14/h3-10H,11-12H2,1-2H3. The van der Waals surface area contributed by atoms with Crippen molar-refractivity contribution in [2.24, 2.45) is 0 Å². The number of hydrogen-bond acceptors (Lipinski definition) is 4. The molecule has 4 nitrogen and oxygen atoms in total. The second kappa shape index (κ2) is 7.07. The normalized spacial score (nSPS) is 11.2. The summed E-state index contributed by atoms with van der Waals surface area (Å²) in [6.07, 6.45) is 0. The van der Waals surface area contributed by atoms with Gasteiger partial charge < -0.3 is 4.42 Å². The number of halogens is 1. The number of hydrogen-bond donors (Lipinski definition) is 0. The Hall–Kier alpha value is -2.31. The summed E-state index contributed by atoms with van der Waals surface area (Å²) in [5.41, 5.74) is 3.04. The first-order valence-corrected chi connectivity index (χ1v) is 8.00. The highest BCUT2D eigenvalue weighted by Gasteiger charge is 2.11. The molecule has 0 aliphatic carbocycles. The summed E-state index contributed by atoms with van der Waals surface area (Å²) in [5.74, 6) is 0.288. The van der Waals surface area contributed by atoms with E-state index < -0.39 is 0 Å². The molecule has 0 aliphatic rings. The summed E-state index contributed by atoms with van der Waals surface area (Å²) in [6.45, 7) is 3.16. The molecule has 0 saturated heterocycles.